The maximum atomic E-state index is 14.7. The fourth-order valence-electron chi connectivity index (χ4n) is 4.37. The van der Waals surface area contributed by atoms with E-state index in [2.05, 4.69) is 6.07 Å². The van der Waals surface area contributed by atoms with Crippen molar-refractivity contribution in [1.29, 1.82) is 5.26 Å². The minimum Gasteiger partial charge on any atom is -0.486 e. The molecule has 0 saturated heterocycles. The highest BCUT2D eigenvalue weighted by atomic mass is 19.1. The van der Waals surface area contributed by atoms with Crippen LogP contribution in [0.15, 0.2) is 60.7 Å². The van der Waals surface area contributed by atoms with Crippen LogP contribution in [0.25, 0.3) is 0 Å². The van der Waals surface area contributed by atoms with Crippen LogP contribution in [0.1, 0.15) is 47.1 Å². The van der Waals surface area contributed by atoms with Gasteiger partial charge < -0.3 is 14.6 Å². The van der Waals surface area contributed by atoms with Crippen LogP contribution in [0.5, 0.6) is 17.2 Å². The average Bonchev–Trinajstić information content (AvgIpc) is 3.51. The van der Waals surface area contributed by atoms with Crippen LogP contribution in [0.4, 0.5) is 4.39 Å². The molecule has 3 aromatic carbocycles. The Hall–Kier alpha value is -3.85. The van der Waals surface area contributed by atoms with Crippen LogP contribution in [0, 0.1) is 23.1 Å². The van der Waals surface area contributed by atoms with E-state index in [-0.39, 0.29) is 17.7 Å². The highest BCUT2D eigenvalue weighted by Crippen LogP contribution is 2.48. The molecule has 2 aliphatic rings. The number of carboxylic acids is 1. The number of ether oxygens (including phenoxy) is 2. The van der Waals surface area contributed by atoms with E-state index in [9.17, 15) is 9.18 Å². The van der Waals surface area contributed by atoms with E-state index in [0.717, 1.165) is 11.1 Å². The number of hydrogen-bond acceptors (Lipinski definition) is 4. The number of halogens is 1. The van der Waals surface area contributed by atoms with Crippen LogP contribution in [0.3, 0.4) is 0 Å². The smallest absolute Gasteiger partial charge is 0.307 e. The van der Waals surface area contributed by atoms with Gasteiger partial charge in [-0.1, -0.05) is 12.1 Å². The molecule has 0 bridgehead atoms. The van der Waals surface area contributed by atoms with Gasteiger partial charge in [-0.2, -0.15) is 5.26 Å². The number of aliphatic carboxylic acids is 1. The van der Waals surface area contributed by atoms with Gasteiger partial charge in [-0.25, -0.2) is 4.39 Å². The number of nitrogens with zero attached hydrogens (tertiary/aromatic N) is 1. The molecule has 0 heterocycles. The largest absolute Gasteiger partial charge is 0.486 e. The molecular weight excluding hydrogens is 409 g/mol. The van der Waals surface area contributed by atoms with Crippen LogP contribution in [-0.2, 0) is 11.2 Å². The lowest BCUT2D eigenvalue weighted by Crippen LogP contribution is -2.06. The van der Waals surface area contributed by atoms with Gasteiger partial charge in [-0.15, -0.1) is 0 Å². The van der Waals surface area contributed by atoms with Gasteiger partial charge >= 0.3 is 5.97 Å². The third kappa shape index (κ3) is 3.78. The lowest BCUT2D eigenvalue weighted by Gasteiger charge is -2.17. The number of carboxylic acid groups (broad SMARTS) is 1. The van der Waals surface area contributed by atoms with Crippen molar-refractivity contribution >= 4 is 5.97 Å². The molecule has 5 rings (SSSR count). The highest BCUT2D eigenvalue weighted by molar-refractivity contribution is 5.75. The zero-order valence-electron chi connectivity index (χ0n) is 17.1. The maximum absolute atomic E-state index is 14.7. The standard InChI is InChI=1S/C26H20FNO4/c27-22-10-12-23(31-17-5-1-15(14-28)2-6-17)19-9-11-24(25(19)22)32-18-7-3-16(4-8-18)20-13-21(20)26(29)30/h1-8,10,12,20-21,24H,9,11,13H2,(H,29,30)/t20-,21+,24-/m1/s1. The monoisotopic (exact) mass is 429 g/mol. The van der Waals surface area contributed by atoms with Crippen molar-refractivity contribution in [1.82, 2.24) is 0 Å². The number of rotatable bonds is 6. The molecule has 1 saturated carbocycles. The Bertz CT molecular complexity index is 1210. The fourth-order valence-corrected chi connectivity index (χ4v) is 4.37. The van der Waals surface area contributed by atoms with Crippen molar-refractivity contribution in [3.05, 3.63) is 88.7 Å². The van der Waals surface area contributed by atoms with E-state index in [4.69, 9.17) is 19.8 Å². The molecule has 0 radical (unpaired) electrons. The number of carbonyl (C=O) groups is 1. The Kier molecular flexibility index (Phi) is 5.02. The van der Waals surface area contributed by atoms with Gasteiger partial charge in [-0.05, 0) is 79.3 Å². The lowest BCUT2D eigenvalue weighted by molar-refractivity contribution is -0.138. The molecule has 1 N–H and O–H groups in total. The van der Waals surface area contributed by atoms with Crippen molar-refractivity contribution in [3.8, 4) is 23.3 Å². The summed E-state index contributed by atoms with van der Waals surface area (Å²) >= 11 is 0. The van der Waals surface area contributed by atoms with Crippen molar-refractivity contribution < 1.29 is 23.8 Å². The Morgan fingerprint density at radius 3 is 2.41 bits per heavy atom. The summed E-state index contributed by atoms with van der Waals surface area (Å²) in [5.74, 6) is 0.469. The van der Waals surface area contributed by atoms with Crippen molar-refractivity contribution in [2.75, 3.05) is 0 Å². The van der Waals surface area contributed by atoms with Crippen molar-refractivity contribution in [3.63, 3.8) is 0 Å². The Labute approximate surface area is 184 Å². The second-order valence-electron chi connectivity index (χ2n) is 8.18. The normalized spacial score (nSPS) is 20.8. The second kappa shape index (κ2) is 8.01. The van der Waals surface area contributed by atoms with E-state index in [1.165, 1.54) is 6.07 Å². The maximum Gasteiger partial charge on any atom is 0.307 e. The zero-order chi connectivity index (χ0) is 22.2. The van der Waals surface area contributed by atoms with Gasteiger partial charge in [0.1, 0.15) is 29.2 Å². The first kappa shape index (κ1) is 20.1. The minimum atomic E-state index is -0.757. The quantitative estimate of drug-likeness (QED) is 0.540. The molecule has 5 nitrogen and oxygen atoms in total. The topological polar surface area (TPSA) is 79.5 Å². The second-order valence-corrected chi connectivity index (χ2v) is 8.18. The highest BCUT2D eigenvalue weighted by Gasteiger charge is 2.44. The number of nitriles is 1. The van der Waals surface area contributed by atoms with Crippen LogP contribution >= 0.6 is 0 Å². The summed E-state index contributed by atoms with van der Waals surface area (Å²) in [6.07, 6.45) is 1.50. The summed E-state index contributed by atoms with van der Waals surface area (Å²) in [6, 6.07) is 19.3. The fraction of sp³-hybridized carbons (Fsp3) is 0.231. The van der Waals surface area contributed by atoms with E-state index < -0.39 is 12.1 Å². The first-order valence-corrected chi connectivity index (χ1v) is 10.5. The van der Waals surface area contributed by atoms with E-state index in [1.807, 2.05) is 24.3 Å². The first-order chi connectivity index (χ1) is 15.5. The molecule has 0 unspecified atom stereocenters. The van der Waals surface area contributed by atoms with Gasteiger partial charge in [0.25, 0.3) is 0 Å². The Morgan fingerprint density at radius 1 is 1.03 bits per heavy atom. The molecule has 0 aromatic heterocycles. The third-order valence-corrected chi connectivity index (χ3v) is 6.14. The van der Waals surface area contributed by atoms with Crippen molar-refractivity contribution in [2.45, 2.75) is 31.3 Å². The summed E-state index contributed by atoms with van der Waals surface area (Å²) in [7, 11) is 0. The molecule has 0 spiro atoms. The summed E-state index contributed by atoms with van der Waals surface area (Å²) in [5.41, 5.74) is 2.83. The Morgan fingerprint density at radius 2 is 1.75 bits per heavy atom. The number of hydrogen-bond donors (Lipinski definition) is 1. The van der Waals surface area contributed by atoms with Crippen LogP contribution in [-0.4, -0.2) is 11.1 Å². The predicted molar refractivity (Wildman–Crippen MR) is 114 cm³/mol. The third-order valence-electron chi connectivity index (χ3n) is 6.14. The molecule has 160 valence electrons. The summed E-state index contributed by atoms with van der Waals surface area (Å²) in [6.45, 7) is 0. The van der Waals surface area contributed by atoms with Gasteiger partial charge in [0.05, 0.1) is 17.6 Å². The van der Waals surface area contributed by atoms with Gasteiger partial charge in [-0.3, -0.25) is 4.79 Å². The molecule has 32 heavy (non-hydrogen) atoms. The van der Waals surface area contributed by atoms with Crippen LogP contribution in [0.2, 0.25) is 0 Å². The SMILES string of the molecule is N#Cc1ccc(Oc2ccc(F)c3c2CC[C@H]3Oc2ccc([C@H]3C[C@@H]3C(=O)O)cc2)cc1. The first-order valence-electron chi connectivity index (χ1n) is 10.5. The Balaban J connectivity index is 1.33. The lowest BCUT2D eigenvalue weighted by atomic mass is 10.1. The van der Waals surface area contributed by atoms with Crippen molar-refractivity contribution in [2.24, 2.45) is 5.92 Å². The minimum absolute atomic E-state index is 0.0631. The average molecular weight is 429 g/mol. The predicted octanol–water partition coefficient (Wildman–Crippen LogP) is 5.74. The molecular formula is C26H20FNO4. The van der Waals surface area contributed by atoms with Gasteiger partial charge in [0.2, 0.25) is 0 Å². The van der Waals surface area contributed by atoms with E-state index in [1.54, 1.807) is 30.3 Å². The molecule has 6 heteroatoms. The van der Waals surface area contributed by atoms with Gasteiger partial charge in [0, 0.05) is 11.1 Å². The number of fused-ring (bicyclic) bond motifs is 1. The summed E-state index contributed by atoms with van der Waals surface area (Å²) < 4.78 is 26.8. The number of benzene rings is 3. The zero-order valence-corrected chi connectivity index (χ0v) is 17.1. The van der Waals surface area contributed by atoms with Crippen LogP contribution < -0.4 is 9.47 Å². The summed E-state index contributed by atoms with van der Waals surface area (Å²) in [4.78, 5) is 11.1. The van der Waals surface area contributed by atoms with E-state index >= 15 is 0 Å². The molecule has 3 atom stereocenters. The van der Waals surface area contributed by atoms with E-state index in [0.29, 0.717) is 47.6 Å². The molecule has 3 aromatic rings. The molecule has 1 fully saturated rings. The summed E-state index contributed by atoms with van der Waals surface area (Å²) in [5, 5.41) is 18.0. The molecule has 0 amide bonds. The molecule has 2 aliphatic carbocycles. The molecule has 0 aliphatic heterocycles. The van der Waals surface area contributed by atoms with Gasteiger partial charge in [0.15, 0.2) is 0 Å².